The molecule has 2 heterocycles. The average molecular weight is 281 g/mol. The highest BCUT2D eigenvalue weighted by atomic mass is 16.2. The molecule has 4 nitrogen and oxygen atoms in total. The van der Waals surface area contributed by atoms with E-state index < -0.39 is 0 Å². The molecule has 0 spiro atoms. The number of carbonyl (C=O) groups excluding carboxylic acids is 1. The second-order valence-corrected chi connectivity index (χ2v) is 6.78. The van der Waals surface area contributed by atoms with E-state index in [-0.39, 0.29) is 5.54 Å². The van der Waals surface area contributed by atoms with Crippen LogP contribution in [0.5, 0.6) is 0 Å². The van der Waals surface area contributed by atoms with Gasteiger partial charge in [0.1, 0.15) is 0 Å². The Morgan fingerprint density at radius 1 is 1.25 bits per heavy atom. The van der Waals surface area contributed by atoms with E-state index in [0.717, 1.165) is 57.9 Å². The minimum absolute atomic E-state index is 0.250. The SMILES string of the molecule is CCC1(C(=O)N2CCN(CCC(C)C)CC2)CCCN1. The van der Waals surface area contributed by atoms with Crippen molar-refractivity contribution in [2.75, 3.05) is 39.3 Å². The maximum absolute atomic E-state index is 12.8. The van der Waals surface area contributed by atoms with Gasteiger partial charge in [-0.1, -0.05) is 20.8 Å². The number of hydrogen-bond donors (Lipinski definition) is 1. The first-order chi connectivity index (χ1) is 9.57. The van der Waals surface area contributed by atoms with E-state index in [2.05, 4.69) is 35.9 Å². The molecule has 1 atom stereocenters. The van der Waals surface area contributed by atoms with Crippen LogP contribution in [0.3, 0.4) is 0 Å². The second-order valence-electron chi connectivity index (χ2n) is 6.78. The van der Waals surface area contributed by atoms with Crippen molar-refractivity contribution in [1.82, 2.24) is 15.1 Å². The zero-order chi connectivity index (χ0) is 14.6. The van der Waals surface area contributed by atoms with Gasteiger partial charge in [-0.2, -0.15) is 0 Å². The monoisotopic (exact) mass is 281 g/mol. The largest absolute Gasteiger partial charge is 0.339 e. The topological polar surface area (TPSA) is 35.6 Å². The Labute approximate surface area is 123 Å². The average Bonchev–Trinajstić information content (AvgIpc) is 2.95. The van der Waals surface area contributed by atoms with E-state index in [9.17, 15) is 4.79 Å². The summed E-state index contributed by atoms with van der Waals surface area (Å²) in [5.41, 5.74) is -0.250. The third-order valence-electron chi connectivity index (χ3n) is 4.94. The van der Waals surface area contributed by atoms with Crippen LogP contribution in [0.4, 0.5) is 0 Å². The van der Waals surface area contributed by atoms with Crippen molar-refractivity contribution in [3.63, 3.8) is 0 Å². The molecule has 116 valence electrons. The molecular formula is C16H31N3O. The molecule has 0 radical (unpaired) electrons. The first-order valence-electron chi connectivity index (χ1n) is 8.34. The fourth-order valence-corrected chi connectivity index (χ4v) is 3.36. The van der Waals surface area contributed by atoms with Gasteiger partial charge < -0.3 is 10.2 Å². The molecule has 2 saturated heterocycles. The zero-order valence-corrected chi connectivity index (χ0v) is 13.5. The van der Waals surface area contributed by atoms with E-state index in [4.69, 9.17) is 0 Å². The molecule has 0 bridgehead atoms. The Kier molecular flexibility index (Phi) is 5.44. The number of nitrogens with one attached hydrogen (secondary N) is 1. The normalized spacial score (nSPS) is 28.3. The Morgan fingerprint density at radius 2 is 1.95 bits per heavy atom. The third kappa shape index (κ3) is 3.53. The summed E-state index contributed by atoms with van der Waals surface area (Å²) < 4.78 is 0. The summed E-state index contributed by atoms with van der Waals surface area (Å²) in [5, 5.41) is 3.46. The summed E-state index contributed by atoms with van der Waals surface area (Å²) in [6.07, 6.45) is 4.32. The number of amides is 1. The highest BCUT2D eigenvalue weighted by molar-refractivity contribution is 5.86. The van der Waals surface area contributed by atoms with Crippen LogP contribution >= 0.6 is 0 Å². The van der Waals surface area contributed by atoms with E-state index in [1.165, 1.54) is 13.0 Å². The van der Waals surface area contributed by atoms with E-state index in [1.54, 1.807) is 0 Å². The van der Waals surface area contributed by atoms with Crippen LogP contribution in [0.15, 0.2) is 0 Å². The van der Waals surface area contributed by atoms with Crippen molar-refractivity contribution in [2.45, 2.75) is 52.0 Å². The summed E-state index contributed by atoms with van der Waals surface area (Å²) in [7, 11) is 0. The summed E-state index contributed by atoms with van der Waals surface area (Å²) in [6.45, 7) is 12.7. The molecule has 4 heteroatoms. The Bertz CT molecular complexity index is 316. The number of hydrogen-bond acceptors (Lipinski definition) is 3. The van der Waals surface area contributed by atoms with Crippen LogP contribution in [-0.4, -0.2) is 60.5 Å². The van der Waals surface area contributed by atoms with Crippen LogP contribution in [0.25, 0.3) is 0 Å². The van der Waals surface area contributed by atoms with E-state index in [1.807, 2.05) is 0 Å². The molecule has 0 saturated carbocycles. The molecule has 1 unspecified atom stereocenters. The fraction of sp³-hybridized carbons (Fsp3) is 0.938. The zero-order valence-electron chi connectivity index (χ0n) is 13.5. The molecule has 1 amide bonds. The quantitative estimate of drug-likeness (QED) is 0.833. The maximum Gasteiger partial charge on any atom is 0.242 e. The molecule has 2 aliphatic heterocycles. The number of nitrogens with zero attached hydrogens (tertiary/aromatic N) is 2. The molecule has 2 fully saturated rings. The van der Waals surface area contributed by atoms with E-state index in [0.29, 0.717) is 5.91 Å². The van der Waals surface area contributed by atoms with Gasteiger partial charge in [0, 0.05) is 26.2 Å². The molecule has 0 aromatic carbocycles. The van der Waals surface area contributed by atoms with Gasteiger partial charge in [-0.25, -0.2) is 0 Å². The first kappa shape index (κ1) is 15.8. The Hall–Kier alpha value is -0.610. The summed E-state index contributed by atoms with van der Waals surface area (Å²) >= 11 is 0. The lowest BCUT2D eigenvalue weighted by molar-refractivity contribution is -0.139. The molecule has 2 rings (SSSR count). The highest BCUT2D eigenvalue weighted by Gasteiger charge is 2.42. The molecule has 0 aromatic rings. The van der Waals surface area contributed by atoms with Gasteiger partial charge in [-0.15, -0.1) is 0 Å². The van der Waals surface area contributed by atoms with Crippen LogP contribution in [-0.2, 0) is 4.79 Å². The van der Waals surface area contributed by atoms with Gasteiger partial charge in [0.05, 0.1) is 5.54 Å². The van der Waals surface area contributed by atoms with Crippen molar-refractivity contribution in [1.29, 1.82) is 0 Å². The van der Waals surface area contributed by atoms with Crippen molar-refractivity contribution in [3.8, 4) is 0 Å². The van der Waals surface area contributed by atoms with Gasteiger partial charge in [0.15, 0.2) is 0 Å². The minimum Gasteiger partial charge on any atom is -0.339 e. The lowest BCUT2D eigenvalue weighted by Gasteiger charge is -2.39. The predicted molar refractivity (Wildman–Crippen MR) is 82.7 cm³/mol. The molecule has 20 heavy (non-hydrogen) atoms. The van der Waals surface area contributed by atoms with Gasteiger partial charge in [0.25, 0.3) is 0 Å². The summed E-state index contributed by atoms with van der Waals surface area (Å²) in [6, 6.07) is 0. The molecule has 2 aliphatic rings. The van der Waals surface area contributed by atoms with Crippen LogP contribution in [0, 0.1) is 5.92 Å². The number of piperazine rings is 1. The predicted octanol–water partition coefficient (Wildman–Crippen LogP) is 1.71. The second kappa shape index (κ2) is 6.90. The lowest BCUT2D eigenvalue weighted by atomic mass is 9.92. The van der Waals surface area contributed by atoms with Crippen LogP contribution in [0.2, 0.25) is 0 Å². The number of carbonyl (C=O) groups is 1. The Balaban J connectivity index is 1.82. The molecule has 0 aromatic heterocycles. The maximum atomic E-state index is 12.8. The van der Waals surface area contributed by atoms with Gasteiger partial charge in [-0.3, -0.25) is 9.69 Å². The molecule has 0 aliphatic carbocycles. The summed E-state index contributed by atoms with van der Waals surface area (Å²) in [5.74, 6) is 1.11. The highest BCUT2D eigenvalue weighted by Crippen LogP contribution is 2.26. The van der Waals surface area contributed by atoms with Crippen molar-refractivity contribution >= 4 is 5.91 Å². The molecular weight excluding hydrogens is 250 g/mol. The number of rotatable bonds is 5. The van der Waals surface area contributed by atoms with Gasteiger partial charge in [0.2, 0.25) is 5.91 Å². The van der Waals surface area contributed by atoms with Crippen LogP contribution < -0.4 is 5.32 Å². The smallest absolute Gasteiger partial charge is 0.242 e. The van der Waals surface area contributed by atoms with Crippen LogP contribution in [0.1, 0.15) is 46.5 Å². The van der Waals surface area contributed by atoms with Crippen molar-refractivity contribution in [2.24, 2.45) is 5.92 Å². The summed E-state index contributed by atoms with van der Waals surface area (Å²) in [4.78, 5) is 17.4. The molecule has 1 N–H and O–H groups in total. The van der Waals surface area contributed by atoms with Crippen molar-refractivity contribution < 1.29 is 4.79 Å². The third-order valence-corrected chi connectivity index (χ3v) is 4.94. The Morgan fingerprint density at radius 3 is 2.45 bits per heavy atom. The minimum atomic E-state index is -0.250. The van der Waals surface area contributed by atoms with Gasteiger partial charge >= 0.3 is 0 Å². The van der Waals surface area contributed by atoms with E-state index >= 15 is 0 Å². The van der Waals surface area contributed by atoms with Gasteiger partial charge in [-0.05, 0) is 44.7 Å². The standard InChI is InChI=1S/C16H31N3O/c1-4-16(7-5-8-17-16)15(20)19-12-10-18(11-13-19)9-6-14(2)3/h14,17H,4-13H2,1-3H3. The fourth-order valence-electron chi connectivity index (χ4n) is 3.36. The lowest BCUT2D eigenvalue weighted by Crippen LogP contribution is -2.59. The van der Waals surface area contributed by atoms with Crippen molar-refractivity contribution in [3.05, 3.63) is 0 Å². The first-order valence-corrected chi connectivity index (χ1v) is 8.34.